The average Bonchev–Trinajstić information content (AvgIpc) is 2.98. The van der Waals surface area contributed by atoms with E-state index in [1.807, 2.05) is 4.90 Å². The number of nitrogens with two attached hydrogens (primary N) is 1. The average molecular weight is 271 g/mol. The third-order valence-corrected chi connectivity index (χ3v) is 4.17. The largest absolute Gasteiger partial charge is 0.459 e. The monoisotopic (exact) mass is 270 g/mol. The summed E-state index contributed by atoms with van der Waals surface area (Å²) in [6.07, 6.45) is 5.05. The second-order valence-corrected chi connectivity index (χ2v) is 5.21. The van der Waals surface area contributed by atoms with Crippen molar-refractivity contribution in [3.05, 3.63) is 24.2 Å². The van der Waals surface area contributed by atoms with Gasteiger partial charge in [0, 0.05) is 19.1 Å². The van der Waals surface area contributed by atoms with Crippen molar-refractivity contribution in [1.29, 1.82) is 0 Å². The molecule has 1 aromatic rings. The van der Waals surface area contributed by atoms with E-state index < -0.39 is 0 Å². The Labute approximate surface area is 113 Å². The Hall–Kier alpha value is -1.00. The number of rotatable bonds is 1. The Morgan fingerprint density at radius 3 is 2.89 bits per heavy atom. The zero-order valence-corrected chi connectivity index (χ0v) is 11.1. The number of nitrogens with zero attached hydrogens (tertiary/aromatic N) is 1. The maximum atomic E-state index is 12.1. The fourth-order valence-corrected chi connectivity index (χ4v) is 3.24. The minimum Gasteiger partial charge on any atom is -0.459 e. The van der Waals surface area contributed by atoms with E-state index in [1.165, 1.54) is 12.8 Å². The van der Waals surface area contributed by atoms with Crippen LogP contribution < -0.4 is 5.73 Å². The number of carbonyl (C=O) groups is 1. The van der Waals surface area contributed by atoms with Gasteiger partial charge in [-0.25, -0.2) is 0 Å². The molecule has 1 saturated heterocycles. The quantitative estimate of drug-likeness (QED) is 0.848. The van der Waals surface area contributed by atoms with Crippen LogP contribution >= 0.6 is 12.4 Å². The molecule has 2 heterocycles. The number of hydrogen-bond acceptors (Lipinski definition) is 3. The van der Waals surface area contributed by atoms with Gasteiger partial charge in [-0.2, -0.15) is 0 Å². The molecule has 0 bridgehead atoms. The summed E-state index contributed by atoms with van der Waals surface area (Å²) >= 11 is 0. The maximum Gasteiger partial charge on any atom is 0.289 e. The van der Waals surface area contributed by atoms with Crippen molar-refractivity contribution in [2.24, 2.45) is 17.6 Å². The summed E-state index contributed by atoms with van der Waals surface area (Å²) in [7, 11) is 0. The van der Waals surface area contributed by atoms with Crippen molar-refractivity contribution >= 4 is 18.3 Å². The molecule has 0 radical (unpaired) electrons. The molecule has 1 aliphatic carbocycles. The molecule has 3 rings (SSSR count). The smallest absolute Gasteiger partial charge is 0.289 e. The molecular weight excluding hydrogens is 252 g/mol. The molecule has 3 atom stereocenters. The van der Waals surface area contributed by atoms with Crippen molar-refractivity contribution < 1.29 is 9.21 Å². The Morgan fingerprint density at radius 2 is 2.22 bits per heavy atom. The summed E-state index contributed by atoms with van der Waals surface area (Å²) in [5.41, 5.74) is 6.14. The van der Waals surface area contributed by atoms with Gasteiger partial charge >= 0.3 is 0 Å². The molecule has 3 unspecified atom stereocenters. The van der Waals surface area contributed by atoms with E-state index in [9.17, 15) is 4.79 Å². The molecule has 2 N–H and O–H groups in total. The van der Waals surface area contributed by atoms with Crippen LogP contribution in [0.3, 0.4) is 0 Å². The predicted octanol–water partition coefficient (Wildman–Crippen LogP) is 1.90. The van der Waals surface area contributed by atoms with Crippen molar-refractivity contribution in [1.82, 2.24) is 4.90 Å². The third-order valence-electron chi connectivity index (χ3n) is 4.17. The Bertz CT molecular complexity index is 407. The van der Waals surface area contributed by atoms with Gasteiger partial charge in [0.15, 0.2) is 5.76 Å². The first-order chi connectivity index (χ1) is 8.25. The lowest BCUT2D eigenvalue weighted by Gasteiger charge is -2.29. The summed E-state index contributed by atoms with van der Waals surface area (Å²) in [5.74, 6) is 1.54. The van der Waals surface area contributed by atoms with Gasteiger partial charge in [-0.15, -0.1) is 12.4 Å². The highest BCUT2D eigenvalue weighted by molar-refractivity contribution is 5.91. The van der Waals surface area contributed by atoms with Crippen molar-refractivity contribution in [3.63, 3.8) is 0 Å². The lowest BCUT2D eigenvalue weighted by Crippen LogP contribution is -2.38. The van der Waals surface area contributed by atoms with Gasteiger partial charge in [0.1, 0.15) is 0 Å². The number of fused-ring (bicyclic) bond motifs is 1. The van der Waals surface area contributed by atoms with Gasteiger partial charge in [0.2, 0.25) is 0 Å². The zero-order chi connectivity index (χ0) is 11.8. The van der Waals surface area contributed by atoms with Gasteiger partial charge in [0.25, 0.3) is 5.91 Å². The van der Waals surface area contributed by atoms with E-state index in [-0.39, 0.29) is 24.4 Å². The Kier molecular flexibility index (Phi) is 3.97. The van der Waals surface area contributed by atoms with E-state index in [1.54, 1.807) is 18.4 Å². The summed E-state index contributed by atoms with van der Waals surface area (Å²) in [6.45, 7) is 1.64. The first kappa shape index (κ1) is 13.4. The van der Waals surface area contributed by atoms with Gasteiger partial charge < -0.3 is 15.1 Å². The fourth-order valence-electron chi connectivity index (χ4n) is 3.24. The summed E-state index contributed by atoms with van der Waals surface area (Å²) in [4.78, 5) is 14.1. The number of hydrogen-bond donors (Lipinski definition) is 1. The molecule has 2 aliphatic rings. The van der Waals surface area contributed by atoms with Crippen LogP contribution in [0.15, 0.2) is 22.8 Å². The number of carbonyl (C=O) groups excluding carboxylic acids is 1. The van der Waals surface area contributed by atoms with Crippen molar-refractivity contribution in [3.8, 4) is 0 Å². The van der Waals surface area contributed by atoms with Gasteiger partial charge in [-0.05, 0) is 36.8 Å². The first-order valence-corrected chi connectivity index (χ1v) is 6.34. The van der Waals surface area contributed by atoms with Crippen LogP contribution in [0.2, 0.25) is 0 Å². The SMILES string of the molecule is Cl.NC1CCCC2CN(C(=O)c3ccco3)CC12. The summed E-state index contributed by atoms with van der Waals surface area (Å²) < 4.78 is 5.17. The van der Waals surface area contributed by atoms with Crippen molar-refractivity contribution in [2.75, 3.05) is 13.1 Å². The van der Waals surface area contributed by atoms with Crippen molar-refractivity contribution in [2.45, 2.75) is 25.3 Å². The molecule has 1 aliphatic heterocycles. The van der Waals surface area contributed by atoms with E-state index in [2.05, 4.69) is 0 Å². The van der Waals surface area contributed by atoms with Gasteiger partial charge in [-0.3, -0.25) is 4.79 Å². The lowest BCUT2D eigenvalue weighted by atomic mass is 9.78. The number of amides is 1. The van der Waals surface area contributed by atoms with E-state index in [0.29, 0.717) is 17.6 Å². The topological polar surface area (TPSA) is 59.5 Å². The Balaban J connectivity index is 0.00000120. The van der Waals surface area contributed by atoms with Crippen LogP contribution in [0, 0.1) is 11.8 Å². The molecule has 0 aromatic carbocycles. The summed E-state index contributed by atoms with van der Waals surface area (Å²) in [6, 6.07) is 3.75. The van der Waals surface area contributed by atoms with Crippen LogP contribution in [0.4, 0.5) is 0 Å². The van der Waals surface area contributed by atoms with Gasteiger partial charge in [-0.1, -0.05) is 6.42 Å². The third kappa shape index (κ3) is 2.27. The minimum absolute atomic E-state index is 0. The molecule has 4 nitrogen and oxygen atoms in total. The fraction of sp³-hybridized carbons (Fsp3) is 0.615. The normalized spacial score (nSPS) is 30.7. The maximum absolute atomic E-state index is 12.1. The lowest BCUT2D eigenvalue weighted by molar-refractivity contribution is 0.0752. The zero-order valence-electron chi connectivity index (χ0n) is 10.2. The van der Waals surface area contributed by atoms with Crippen LogP contribution in [0.1, 0.15) is 29.8 Å². The van der Waals surface area contributed by atoms with E-state index in [4.69, 9.17) is 10.2 Å². The van der Waals surface area contributed by atoms with Crippen LogP contribution in [0.5, 0.6) is 0 Å². The van der Waals surface area contributed by atoms with Crippen LogP contribution in [-0.4, -0.2) is 29.9 Å². The highest BCUT2D eigenvalue weighted by atomic mass is 35.5. The van der Waals surface area contributed by atoms with Crippen LogP contribution in [-0.2, 0) is 0 Å². The van der Waals surface area contributed by atoms with Gasteiger partial charge in [0.05, 0.1) is 6.26 Å². The highest BCUT2D eigenvalue weighted by Gasteiger charge is 2.40. The molecule has 1 aromatic heterocycles. The molecule has 0 spiro atoms. The van der Waals surface area contributed by atoms with E-state index in [0.717, 1.165) is 19.5 Å². The second kappa shape index (κ2) is 5.33. The number of furan rings is 1. The molecule has 1 saturated carbocycles. The second-order valence-electron chi connectivity index (χ2n) is 5.21. The number of likely N-dealkylation sites (tertiary alicyclic amines) is 1. The Morgan fingerprint density at radius 1 is 1.39 bits per heavy atom. The molecule has 18 heavy (non-hydrogen) atoms. The molecular formula is C13H19ClN2O2. The first-order valence-electron chi connectivity index (χ1n) is 6.34. The summed E-state index contributed by atoms with van der Waals surface area (Å²) in [5, 5.41) is 0. The predicted molar refractivity (Wildman–Crippen MR) is 70.7 cm³/mol. The van der Waals surface area contributed by atoms with Crippen LogP contribution in [0.25, 0.3) is 0 Å². The number of halogens is 1. The van der Waals surface area contributed by atoms with E-state index >= 15 is 0 Å². The molecule has 2 fully saturated rings. The highest BCUT2D eigenvalue weighted by Crippen LogP contribution is 2.35. The minimum atomic E-state index is 0. The molecule has 100 valence electrons. The standard InChI is InChI=1S/C13H18N2O2.ClH/c14-11-4-1-3-9-7-15(8-10(9)11)13(16)12-5-2-6-17-12;/h2,5-6,9-11H,1,3-4,7-8,14H2;1H. The molecule has 1 amide bonds. The molecule has 5 heteroatoms.